The zero-order valence-corrected chi connectivity index (χ0v) is 13.1. The molecule has 0 aromatic heterocycles. The van der Waals surface area contributed by atoms with Crippen molar-refractivity contribution in [3.63, 3.8) is 0 Å². The lowest BCUT2D eigenvalue weighted by Gasteiger charge is -2.37. The number of carbonyl (C=O) groups excluding carboxylic acids is 1. The van der Waals surface area contributed by atoms with Crippen molar-refractivity contribution in [2.75, 3.05) is 12.0 Å². The fourth-order valence-electron chi connectivity index (χ4n) is 2.71. The molecule has 1 aliphatic rings. The standard InChI is InChI=1S/C16H21N5O2/c1-12-6-7-13(10-19-23)11-21(12)16(22)14-4-2-3-5-15(14)20-18-9-8-17/h2-5,8-10,12-13,17,20,23H,6-7,11H2,1H3/p+1/b17-8?,18-9-,19-10+/t12-,13+/m1/s1. The Morgan fingerprint density at radius 3 is 2.96 bits per heavy atom. The van der Waals surface area contributed by atoms with Gasteiger partial charge in [0.2, 0.25) is 0 Å². The summed E-state index contributed by atoms with van der Waals surface area (Å²) < 4.78 is 0. The molecule has 0 spiro atoms. The summed E-state index contributed by atoms with van der Waals surface area (Å²) in [4.78, 5) is 14.7. The lowest BCUT2D eigenvalue weighted by atomic mass is 9.93. The second kappa shape index (κ2) is 8.07. The van der Waals surface area contributed by atoms with Gasteiger partial charge in [0.25, 0.3) is 5.91 Å². The van der Waals surface area contributed by atoms with E-state index in [4.69, 9.17) is 10.6 Å². The summed E-state index contributed by atoms with van der Waals surface area (Å²) in [5.74, 6) is 0.00806. The van der Waals surface area contributed by atoms with Crippen LogP contribution in [0, 0.1) is 5.92 Å². The van der Waals surface area contributed by atoms with Crippen molar-refractivity contribution < 1.29 is 15.4 Å². The summed E-state index contributed by atoms with van der Waals surface area (Å²) in [5, 5.41) is 21.0. The van der Waals surface area contributed by atoms with Crippen LogP contribution in [-0.4, -0.2) is 47.2 Å². The van der Waals surface area contributed by atoms with Crippen molar-refractivity contribution in [1.29, 1.82) is 0 Å². The van der Waals surface area contributed by atoms with Gasteiger partial charge in [0.05, 0.1) is 11.3 Å². The smallest absolute Gasteiger partial charge is 0.256 e. The molecular formula is C16H22N5O2+. The number of nitrogens with one attached hydrogen (secondary N) is 1. The van der Waals surface area contributed by atoms with E-state index in [1.807, 2.05) is 24.0 Å². The largest absolute Gasteiger partial charge is 0.411 e. The highest BCUT2D eigenvalue weighted by molar-refractivity contribution is 6.13. The van der Waals surface area contributed by atoms with Gasteiger partial charge >= 0.3 is 0 Å². The summed E-state index contributed by atoms with van der Waals surface area (Å²) in [6.45, 7) is 2.57. The van der Waals surface area contributed by atoms with Crippen LogP contribution < -0.4 is 10.8 Å². The molecule has 1 saturated heterocycles. The van der Waals surface area contributed by atoms with Gasteiger partial charge in [-0.3, -0.25) is 15.6 Å². The first-order chi connectivity index (χ1) is 11.2. The molecule has 4 N–H and O–H groups in total. The number of amides is 1. The molecule has 0 unspecified atom stereocenters. The van der Waals surface area contributed by atoms with Crippen LogP contribution in [0.1, 0.15) is 30.1 Å². The third-order valence-corrected chi connectivity index (χ3v) is 3.96. The molecule has 1 aliphatic heterocycles. The lowest BCUT2D eigenvalue weighted by Crippen LogP contribution is -2.46. The number of hydrogen-bond donors (Lipinski definition) is 3. The topological polar surface area (TPSA) is 103 Å². The molecule has 2 rings (SSSR count). The Kier molecular flexibility index (Phi) is 5.85. The summed E-state index contributed by atoms with van der Waals surface area (Å²) in [6.07, 6.45) is 6.00. The van der Waals surface area contributed by atoms with Gasteiger partial charge in [-0.25, -0.2) is 0 Å². The van der Waals surface area contributed by atoms with E-state index in [-0.39, 0.29) is 17.9 Å². The fourth-order valence-corrected chi connectivity index (χ4v) is 2.71. The molecule has 0 saturated carbocycles. The molecular weight excluding hydrogens is 294 g/mol. The van der Waals surface area contributed by atoms with Crippen LogP contribution in [0.3, 0.4) is 0 Å². The minimum absolute atomic E-state index is 0.0661. The van der Waals surface area contributed by atoms with Crippen molar-refractivity contribution >= 4 is 30.2 Å². The zero-order chi connectivity index (χ0) is 16.7. The number of oxime groups is 1. The fraction of sp³-hybridized carbons (Fsp3) is 0.375. The first-order valence-corrected chi connectivity index (χ1v) is 7.57. The molecule has 1 heterocycles. The van der Waals surface area contributed by atoms with Gasteiger partial charge in [0.15, 0.2) is 6.21 Å². The Hall–Kier alpha value is -2.70. The monoisotopic (exact) mass is 316 g/mol. The minimum atomic E-state index is -0.0661. The van der Waals surface area contributed by atoms with Crippen LogP contribution in [-0.2, 0) is 0 Å². The highest BCUT2D eigenvalue weighted by Crippen LogP contribution is 2.25. The Balaban J connectivity index is 2.21. The van der Waals surface area contributed by atoms with Crippen molar-refractivity contribution in [2.45, 2.75) is 25.8 Å². The van der Waals surface area contributed by atoms with Gasteiger partial charge < -0.3 is 10.1 Å². The Morgan fingerprint density at radius 1 is 1.43 bits per heavy atom. The van der Waals surface area contributed by atoms with E-state index < -0.39 is 0 Å². The number of carbonyl (C=O) groups is 1. The number of nitrogens with two attached hydrogens (primary N) is 1. The minimum Gasteiger partial charge on any atom is -0.411 e. The molecule has 1 amide bonds. The van der Waals surface area contributed by atoms with E-state index >= 15 is 0 Å². The SMILES string of the molecule is C[C@@H]1CC[C@@H](/C=N/O)CN1C(=O)c1ccccc1N/N=C\C=[NH2+]. The van der Waals surface area contributed by atoms with Gasteiger partial charge in [0, 0.05) is 24.7 Å². The first kappa shape index (κ1) is 16.7. The summed E-state index contributed by atoms with van der Waals surface area (Å²) in [6, 6.07) is 7.35. The third kappa shape index (κ3) is 4.15. The van der Waals surface area contributed by atoms with Gasteiger partial charge in [-0.05, 0) is 31.9 Å². The van der Waals surface area contributed by atoms with Crippen LogP contribution in [0.5, 0.6) is 0 Å². The van der Waals surface area contributed by atoms with E-state index in [9.17, 15) is 4.79 Å². The predicted molar refractivity (Wildman–Crippen MR) is 90.0 cm³/mol. The molecule has 1 aromatic carbocycles. The molecule has 2 atom stereocenters. The number of piperidine rings is 1. The maximum absolute atomic E-state index is 12.9. The van der Waals surface area contributed by atoms with E-state index in [0.717, 1.165) is 12.8 Å². The van der Waals surface area contributed by atoms with Crippen molar-refractivity contribution in [1.82, 2.24) is 4.90 Å². The molecule has 7 heteroatoms. The number of anilines is 1. The first-order valence-electron chi connectivity index (χ1n) is 7.57. The number of rotatable bonds is 5. The summed E-state index contributed by atoms with van der Waals surface area (Å²) in [5.41, 5.74) is 4.01. The number of hydrogen-bond acceptors (Lipinski definition) is 5. The Morgan fingerprint density at radius 2 is 2.22 bits per heavy atom. The summed E-state index contributed by atoms with van der Waals surface area (Å²) in [7, 11) is 0. The molecule has 1 fully saturated rings. The van der Waals surface area contributed by atoms with Crippen LogP contribution in [0.2, 0.25) is 0 Å². The number of para-hydroxylation sites is 1. The van der Waals surface area contributed by atoms with Crippen molar-refractivity contribution in [3.05, 3.63) is 29.8 Å². The lowest BCUT2D eigenvalue weighted by molar-refractivity contribution is -0.102. The molecule has 1 aromatic rings. The van der Waals surface area contributed by atoms with Crippen LogP contribution >= 0.6 is 0 Å². The molecule has 122 valence electrons. The van der Waals surface area contributed by atoms with E-state index in [2.05, 4.69) is 15.7 Å². The van der Waals surface area contributed by atoms with Crippen LogP contribution in [0.25, 0.3) is 0 Å². The second-order valence-electron chi connectivity index (χ2n) is 5.54. The maximum Gasteiger partial charge on any atom is 0.256 e. The van der Waals surface area contributed by atoms with Gasteiger partial charge in [-0.1, -0.05) is 12.1 Å². The predicted octanol–water partition coefficient (Wildman–Crippen LogP) is 0.615. The van der Waals surface area contributed by atoms with Crippen molar-refractivity contribution in [2.24, 2.45) is 16.2 Å². The normalized spacial score (nSPS) is 21.7. The molecule has 7 nitrogen and oxygen atoms in total. The molecule has 23 heavy (non-hydrogen) atoms. The highest BCUT2D eigenvalue weighted by atomic mass is 16.4. The van der Waals surface area contributed by atoms with E-state index in [1.54, 1.807) is 12.1 Å². The van der Waals surface area contributed by atoms with Gasteiger partial charge in [-0.2, -0.15) is 5.10 Å². The molecule has 0 radical (unpaired) electrons. The van der Waals surface area contributed by atoms with E-state index in [0.29, 0.717) is 17.8 Å². The van der Waals surface area contributed by atoms with Gasteiger partial charge in [0.1, 0.15) is 6.21 Å². The second-order valence-corrected chi connectivity index (χ2v) is 5.54. The zero-order valence-electron chi connectivity index (χ0n) is 13.1. The number of hydrazone groups is 1. The molecule has 0 aliphatic carbocycles. The number of likely N-dealkylation sites (tertiary alicyclic amines) is 1. The Bertz CT molecular complexity index is 614. The maximum atomic E-state index is 12.9. The Labute approximate surface area is 135 Å². The molecule has 0 bridgehead atoms. The van der Waals surface area contributed by atoms with Gasteiger partial charge in [-0.15, -0.1) is 5.16 Å². The van der Waals surface area contributed by atoms with Crippen molar-refractivity contribution in [3.8, 4) is 0 Å². The third-order valence-electron chi connectivity index (χ3n) is 3.96. The van der Waals surface area contributed by atoms with E-state index in [1.165, 1.54) is 18.6 Å². The summed E-state index contributed by atoms with van der Waals surface area (Å²) >= 11 is 0. The average Bonchev–Trinajstić information content (AvgIpc) is 2.57. The number of nitrogens with zero attached hydrogens (tertiary/aromatic N) is 3. The highest BCUT2D eigenvalue weighted by Gasteiger charge is 2.30. The average molecular weight is 316 g/mol. The quantitative estimate of drug-likeness (QED) is 0.421. The number of benzene rings is 1. The van der Waals surface area contributed by atoms with Crippen LogP contribution in [0.4, 0.5) is 5.69 Å². The van der Waals surface area contributed by atoms with Crippen LogP contribution in [0.15, 0.2) is 34.5 Å².